The number of hydrogen-bond donors (Lipinski definition) is 4. The van der Waals surface area contributed by atoms with E-state index in [-0.39, 0.29) is 24.3 Å². The summed E-state index contributed by atoms with van der Waals surface area (Å²) in [6.45, 7) is 0. The topological polar surface area (TPSA) is 100 Å². The van der Waals surface area contributed by atoms with Crippen molar-refractivity contribution in [1.82, 2.24) is 20.4 Å². The number of benzene rings is 1. The average molecular weight is 379 g/mol. The summed E-state index contributed by atoms with van der Waals surface area (Å²) in [5.41, 5.74) is 2.12. The zero-order valence-electron chi connectivity index (χ0n) is 14.7. The quantitative estimate of drug-likeness (QED) is 0.617. The van der Waals surface area contributed by atoms with Crippen LogP contribution in [0.1, 0.15) is 24.4 Å². The monoisotopic (exact) mass is 378 g/mol. The minimum atomic E-state index is -0.490. The van der Waals surface area contributed by atoms with Crippen molar-refractivity contribution in [1.29, 1.82) is 0 Å². The Morgan fingerprint density at radius 3 is 2.27 bits per heavy atom. The van der Waals surface area contributed by atoms with Crippen molar-refractivity contribution < 1.29 is 9.59 Å². The van der Waals surface area contributed by atoms with Crippen molar-refractivity contribution in [3.8, 4) is 0 Å². The molecule has 2 aromatic rings. The zero-order chi connectivity index (χ0) is 17.8. The van der Waals surface area contributed by atoms with Crippen LogP contribution in [-0.2, 0) is 11.8 Å². The first-order chi connectivity index (χ1) is 12.0. The number of urea groups is 1. The summed E-state index contributed by atoms with van der Waals surface area (Å²) >= 11 is 0. The van der Waals surface area contributed by atoms with E-state index in [1.807, 2.05) is 0 Å². The molecular formula is C17H23ClN6O2. The summed E-state index contributed by atoms with van der Waals surface area (Å²) in [5, 5.41) is 15.6. The van der Waals surface area contributed by atoms with Gasteiger partial charge in [0.15, 0.2) is 0 Å². The third-order valence-corrected chi connectivity index (χ3v) is 3.93. The number of carbonyl (C=O) groups is 2. The molecule has 3 rings (SSSR count). The van der Waals surface area contributed by atoms with Crippen molar-refractivity contribution in [3.63, 3.8) is 0 Å². The number of halogens is 1. The summed E-state index contributed by atoms with van der Waals surface area (Å²) in [7, 11) is 3.53. The van der Waals surface area contributed by atoms with Crippen LogP contribution in [0.3, 0.4) is 0 Å². The molecule has 26 heavy (non-hydrogen) atoms. The molecule has 1 heterocycles. The second-order valence-electron chi connectivity index (χ2n) is 6.11. The fourth-order valence-corrected chi connectivity index (χ4v) is 2.47. The van der Waals surface area contributed by atoms with Crippen LogP contribution >= 0.6 is 12.4 Å². The number of aromatic nitrogens is 2. The second kappa shape index (κ2) is 8.68. The van der Waals surface area contributed by atoms with Crippen molar-refractivity contribution in [3.05, 3.63) is 42.2 Å². The lowest BCUT2D eigenvalue weighted by Crippen LogP contribution is -2.30. The zero-order valence-corrected chi connectivity index (χ0v) is 15.5. The Kier molecular flexibility index (Phi) is 6.59. The van der Waals surface area contributed by atoms with Crippen LogP contribution in [0.4, 0.5) is 16.2 Å². The molecule has 140 valence electrons. The molecule has 4 N–H and O–H groups in total. The smallest absolute Gasteiger partial charge is 0.319 e. The third kappa shape index (κ3) is 5.21. The number of nitrogens with one attached hydrogen (secondary N) is 4. The highest BCUT2D eigenvalue weighted by atomic mass is 35.5. The fraction of sp³-hybridized carbons (Fsp3) is 0.353. The lowest BCUT2D eigenvalue weighted by molar-refractivity contribution is -0.118. The molecule has 8 nitrogen and oxygen atoms in total. The first kappa shape index (κ1) is 19.7. The Balaban J connectivity index is 0.00000243. The Morgan fingerprint density at radius 1 is 1.15 bits per heavy atom. The largest absolute Gasteiger partial charge is 0.335 e. The molecule has 3 amide bonds. The molecule has 9 heteroatoms. The molecule has 1 fully saturated rings. The summed E-state index contributed by atoms with van der Waals surface area (Å²) in [6, 6.07) is 6.62. The summed E-state index contributed by atoms with van der Waals surface area (Å²) in [4.78, 5) is 24.2. The number of aryl methyl sites for hydroxylation is 1. The Bertz CT molecular complexity index is 757. The van der Waals surface area contributed by atoms with Gasteiger partial charge < -0.3 is 21.3 Å². The number of rotatable bonds is 6. The normalized spacial score (nSPS) is 14.1. The van der Waals surface area contributed by atoms with Crippen LogP contribution in [0.2, 0.25) is 0 Å². The molecular weight excluding hydrogens is 356 g/mol. The predicted octanol–water partition coefficient (Wildman–Crippen LogP) is 2.02. The number of nitrogens with zero attached hydrogens (tertiary/aromatic N) is 2. The number of likely N-dealkylation sites (N-methyl/N-ethyl adjacent to an activating group) is 1. The maximum Gasteiger partial charge on any atom is 0.319 e. The number of carbonyl (C=O) groups excluding carboxylic acids is 2. The number of hydrogen-bond acceptors (Lipinski definition) is 4. The molecule has 1 aromatic carbocycles. The Labute approximate surface area is 158 Å². The van der Waals surface area contributed by atoms with E-state index >= 15 is 0 Å². The summed E-state index contributed by atoms with van der Waals surface area (Å²) in [5.74, 6) is -0.178. The lowest BCUT2D eigenvalue weighted by atomic mass is 10.1. The van der Waals surface area contributed by atoms with Gasteiger partial charge in [0, 0.05) is 36.2 Å². The van der Waals surface area contributed by atoms with Crippen LogP contribution in [-0.4, -0.2) is 34.8 Å². The van der Waals surface area contributed by atoms with E-state index in [1.54, 1.807) is 55.4 Å². The molecule has 0 saturated heterocycles. The van der Waals surface area contributed by atoms with Crippen LogP contribution in [0.5, 0.6) is 0 Å². The molecule has 1 aromatic heterocycles. The minimum absolute atomic E-state index is 0. The van der Waals surface area contributed by atoms with Crippen LogP contribution in [0.25, 0.3) is 0 Å². The molecule has 1 aliphatic rings. The highest BCUT2D eigenvalue weighted by Crippen LogP contribution is 2.20. The van der Waals surface area contributed by atoms with Gasteiger partial charge in [0.05, 0.1) is 6.20 Å². The van der Waals surface area contributed by atoms with E-state index < -0.39 is 6.04 Å². The lowest BCUT2D eigenvalue weighted by Gasteiger charge is -2.15. The van der Waals surface area contributed by atoms with Gasteiger partial charge in [0.2, 0.25) is 5.91 Å². The van der Waals surface area contributed by atoms with E-state index in [0.717, 1.165) is 18.4 Å². The molecule has 0 aliphatic heterocycles. The standard InChI is InChI=1S/C17H22N6O2.ClH/c1-18-15(11-9-19-23(2)10-11)16(24)20-12-3-5-13(6-4-12)21-17(25)22-14-7-8-14;/h3-6,9-10,14-15,18H,7-8H2,1-2H3,(H,20,24)(H2,21,22,25);1H. The van der Waals surface area contributed by atoms with Gasteiger partial charge in [-0.05, 0) is 44.2 Å². The maximum atomic E-state index is 12.5. The summed E-state index contributed by atoms with van der Waals surface area (Å²) in [6.07, 6.45) is 5.54. The Morgan fingerprint density at radius 2 is 1.77 bits per heavy atom. The van der Waals surface area contributed by atoms with Gasteiger partial charge in [-0.1, -0.05) is 0 Å². The van der Waals surface area contributed by atoms with Crippen molar-refractivity contribution in [2.24, 2.45) is 7.05 Å². The Hall–Kier alpha value is -2.58. The third-order valence-electron chi connectivity index (χ3n) is 3.93. The highest BCUT2D eigenvalue weighted by molar-refractivity contribution is 5.96. The molecule has 0 bridgehead atoms. The SMILES string of the molecule is CNC(C(=O)Nc1ccc(NC(=O)NC2CC2)cc1)c1cnn(C)c1.Cl. The van der Waals surface area contributed by atoms with Gasteiger partial charge >= 0.3 is 6.03 Å². The fourth-order valence-electron chi connectivity index (χ4n) is 2.47. The van der Waals surface area contributed by atoms with Gasteiger partial charge in [0.1, 0.15) is 6.04 Å². The molecule has 1 saturated carbocycles. The van der Waals surface area contributed by atoms with Gasteiger partial charge in [0.25, 0.3) is 0 Å². The van der Waals surface area contributed by atoms with Gasteiger partial charge in [-0.25, -0.2) is 4.79 Å². The molecule has 0 spiro atoms. The average Bonchev–Trinajstić information content (AvgIpc) is 3.29. The maximum absolute atomic E-state index is 12.5. The molecule has 1 aliphatic carbocycles. The first-order valence-electron chi connectivity index (χ1n) is 8.19. The first-order valence-corrected chi connectivity index (χ1v) is 8.19. The molecule has 0 radical (unpaired) electrons. The minimum Gasteiger partial charge on any atom is -0.335 e. The van der Waals surface area contributed by atoms with E-state index in [9.17, 15) is 9.59 Å². The molecule has 1 unspecified atom stereocenters. The van der Waals surface area contributed by atoms with E-state index in [0.29, 0.717) is 17.4 Å². The van der Waals surface area contributed by atoms with Gasteiger partial charge in [-0.15, -0.1) is 12.4 Å². The highest BCUT2D eigenvalue weighted by Gasteiger charge is 2.23. The molecule has 1 atom stereocenters. The van der Waals surface area contributed by atoms with Crippen molar-refractivity contribution in [2.75, 3.05) is 17.7 Å². The van der Waals surface area contributed by atoms with E-state index in [4.69, 9.17) is 0 Å². The number of anilines is 2. The van der Waals surface area contributed by atoms with Gasteiger partial charge in [-0.3, -0.25) is 9.48 Å². The second-order valence-corrected chi connectivity index (χ2v) is 6.11. The van der Waals surface area contributed by atoms with Crippen LogP contribution < -0.4 is 21.3 Å². The predicted molar refractivity (Wildman–Crippen MR) is 103 cm³/mol. The van der Waals surface area contributed by atoms with E-state index in [1.165, 1.54) is 0 Å². The van der Waals surface area contributed by atoms with Crippen molar-refractivity contribution in [2.45, 2.75) is 24.9 Å². The number of amides is 3. The summed E-state index contributed by atoms with van der Waals surface area (Å²) < 4.78 is 1.65. The van der Waals surface area contributed by atoms with Crippen LogP contribution in [0, 0.1) is 0 Å². The van der Waals surface area contributed by atoms with Gasteiger partial charge in [-0.2, -0.15) is 5.10 Å². The van der Waals surface area contributed by atoms with Crippen molar-refractivity contribution >= 4 is 35.7 Å². The van der Waals surface area contributed by atoms with E-state index in [2.05, 4.69) is 26.4 Å². The van der Waals surface area contributed by atoms with Crippen LogP contribution in [0.15, 0.2) is 36.7 Å².